The van der Waals surface area contributed by atoms with Gasteiger partial charge in [-0.25, -0.2) is 4.39 Å². The van der Waals surface area contributed by atoms with Crippen LogP contribution in [0.1, 0.15) is 25.8 Å². The van der Waals surface area contributed by atoms with Crippen molar-refractivity contribution in [1.29, 1.82) is 0 Å². The fourth-order valence-corrected chi connectivity index (χ4v) is 1.95. The van der Waals surface area contributed by atoms with Crippen LogP contribution in [0.3, 0.4) is 0 Å². The second-order valence-electron chi connectivity index (χ2n) is 4.19. The summed E-state index contributed by atoms with van der Waals surface area (Å²) in [4.78, 5) is 0. The van der Waals surface area contributed by atoms with Crippen LogP contribution in [0.2, 0.25) is 0 Å². The highest BCUT2D eigenvalue weighted by Gasteiger charge is 2.06. The molecule has 0 saturated carbocycles. The number of benzene rings is 1. The molecule has 0 heterocycles. The highest BCUT2D eigenvalue weighted by Crippen LogP contribution is 2.17. The van der Waals surface area contributed by atoms with E-state index in [4.69, 9.17) is 0 Å². The Morgan fingerprint density at radius 2 is 2.19 bits per heavy atom. The van der Waals surface area contributed by atoms with Gasteiger partial charge < -0.3 is 5.32 Å². The lowest BCUT2D eigenvalue weighted by Gasteiger charge is -2.11. The van der Waals surface area contributed by atoms with Crippen molar-refractivity contribution in [2.24, 2.45) is 5.92 Å². The van der Waals surface area contributed by atoms with Crippen LogP contribution >= 0.6 is 15.9 Å². The van der Waals surface area contributed by atoms with E-state index in [1.807, 2.05) is 12.1 Å². The van der Waals surface area contributed by atoms with Gasteiger partial charge in [0.25, 0.3) is 0 Å². The Labute approximate surface area is 106 Å². The van der Waals surface area contributed by atoms with Crippen LogP contribution in [0.4, 0.5) is 4.39 Å². The average Bonchev–Trinajstić information content (AvgIpc) is 2.25. The zero-order valence-corrected chi connectivity index (χ0v) is 11.5. The zero-order valence-electron chi connectivity index (χ0n) is 9.89. The summed E-state index contributed by atoms with van der Waals surface area (Å²) in [6.45, 7) is 6.30. The van der Waals surface area contributed by atoms with Crippen LogP contribution in [-0.2, 0) is 6.42 Å². The summed E-state index contributed by atoms with van der Waals surface area (Å²) in [5.74, 6) is 0.480. The van der Waals surface area contributed by atoms with Crippen LogP contribution in [0.5, 0.6) is 0 Å². The lowest BCUT2D eigenvalue weighted by Crippen LogP contribution is -2.20. The van der Waals surface area contributed by atoms with Crippen molar-refractivity contribution >= 4 is 15.9 Å². The van der Waals surface area contributed by atoms with Crippen LogP contribution < -0.4 is 5.32 Å². The van der Waals surface area contributed by atoms with E-state index < -0.39 is 0 Å². The number of hydrogen-bond acceptors (Lipinski definition) is 1. The fourth-order valence-electron chi connectivity index (χ4n) is 1.62. The quantitative estimate of drug-likeness (QED) is 0.840. The normalized spacial score (nSPS) is 12.8. The fraction of sp³-hybridized carbons (Fsp3) is 0.538. The van der Waals surface area contributed by atoms with E-state index in [-0.39, 0.29) is 5.82 Å². The standard InChI is InChI=1S/C13H19BrFN/c1-3-16-9-10(2)4-5-11-6-7-12(14)8-13(11)15/h6-8,10,16H,3-5,9H2,1-2H3. The Kier molecular flexibility index (Phi) is 5.99. The number of rotatable bonds is 6. The molecule has 1 unspecified atom stereocenters. The molecule has 0 saturated heterocycles. The van der Waals surface area contributed by atoms with E-state index >= 15 is 0 Å². The second-order valence-corrected chi connectivity index (χ2v) is 5.10. The van der Waals surface area contributed by atoms with Gasteiger partial charge in [-0.2, -0.15) is 0 Å². The topological polar surface area (TPSA) is 12.0 Å². The molecule has 0 radical (unpaired) electrons. The lowest BCUT2D eigenvalue weighted by molar-refractivity contribution is 0.483. The smallest absolute Gasteiger partial charge is 0.127 e. The van der Waals surface area contributed by atoms with E-state index in [0.717, 1.165) is 36.0 Å². The summed E-state index contributed by atoms with van der Waals surface area (Å²) >= 11 is 3.26. The molecular weight excluding hydrogens is 269 g/mol. The van der Waals surface area contributed by atoms with E-state index in [2.05, 4.69) is 35.1 Å². The van der Waals surface area contributed by atoms with E-state index in [1.165, 1.54) is 6.07 Å². The molecule has 1 N–H and O–H groups in total. The molecule has 0 aliphatic carbocycles. The third-order valence-corrected chi connectivity index (χ3v) is 3.16. The first-order chi connectivity index (χ1) is 7.63. The highest BCUT2D eigenvalue weighted by molar-refractivity contribution is 9.10. The Hall–Kier alpha value is -0.410. The van der Waals surface area contributed by atoms with Crippen molar-refractivity contribution in [3.05, 3.63) is 34.1 Å². The number of hydrogen-bond donors (Lipinski definition) is 1. The Morgan fingerprint density at radius 3 is 2.81 bits per heavy atom. The van der Waals surface area contributed by atoms with Gasteiger partial charge in [-0.1, -0.05) is 35.8 Å². The molecule has 0 amide bonds. The summed E-state index contributed by atoms with van der Waals surface area (Å²) in [6.07, 6.45) is 1.83. The molecule has 0 aliphatic heterocycles. The molecule has 3 heteroatoms. The number of nitrogens with one attached hydrogen (secondary N) is 1. The molecule has 1 rings (SSSR count). The maximum absolute atomic E-state index is 13.5. The first-order valence-corrected chi connectivity index (χ1v) is 6.57. The maximum Gasteiger partial charge on any atom is 0.127 e. The van der Waals surface area contributed by atoms with Crippen LogP contribution in [0, 0.1) is 11.7 Å². The Bertz CT molecular complexity index is 328. The van der Waals surface area contributed by atoms with Crippen molar-refractivity contribution in [1.82, 2.24) is 5.32 Å². The first kappa shape index (κ1) is 13.7. The van der Waals surface area contributed by atoms with Gasteiger partial charge in [0.2, 0.25) is 0 Å². The van der Waals surface area contributed by atoms with Gasteiger partial charge in [0, 0.05) is 4.47 Å². The molecule has 0 bridgehead atoms. The molecule has 16 heavy (non-hydrogen) atoms. The molecular formula is C13H19BrFN. The number of aryl methyl sites for hydroxylation is 1. The molecule has 0 aliphatic rings. The van der Waals surface area contributed by atoms with Gasteiger partial charge in [0.15, 0.2) is 0 Å². The first-order valence-electron chi connectivity index (χ1n) is 5.78. The number of halogens is 2. The van der Waals surface area contributed by atoms with Gasteiger partial charge in [0.1, 0.15) is 5.82 Å². The van der Waals surface area contributed by atoms with Gasteiger partial charge in [-0.05, 0) is 49.5 Å². The molecule has 0 spiro atoms. The monoisotopic (exact) mass is 287 g/mol. The predicted octanol–water partition coefficient (Wildman–Crippen LogP) is 3.77. The summed E-state index contributed by atoms with van der Waals surface area (Å²) in [7, 11) is 0. The van der Waals surface area contributed by atoms with Crippen molar-refractivity contribution in [3.63, 3.8) is 0 Å². The van der Waals surface area contributed by atoms with Gasteiger partial charge in [0.05, 0.1) is 0 Å². The largest absolute Gasteiger partial charge is 0.317 e. The molecule has 1 aromatic rings. The molecule has 0 fully saturated rings. The predicted molar refractivity (Wildman–Crippen MR) is 70.1 cm³/mol. The molecule has 1 nitrogen and oxygen atoms in total. The second kappa shape index (κ2) is 7.02. The summed E-state index contributed by atoms with van der Waals surface area (Å²) in [5, 5.41) is 3.31. The third-order valence-electron chi connectivity index (χ3n) is 2.66. The molecule has 1 aromatic carbocycles. The molecule has 90 valence electrons. The molecule has 0 aromatic heterocycles. The third kappa shape index (κ3) is 4.62. The minimum Gasteiger partial charge on any atom is -0.317 e. The maximum atomic E-state index is 13.5. The Balaban J connectivity index is 2.42. The van der Waals surface area contributed by atoms with E-state index in [0.29, 0.717) is 5.92 Å². The minimum absolute atomic E-state index is 0.106. The van der Waals surface area contributed by atoms with E-state index in [1.54, 1.807) is 0 Å². The average molecular weight is 288 g/mol. The van der Waals surface area contributed by atoms with Crippen molar-refractivity contribution in [2.45, 2.75) is 26.7 Å². The lowest BCUT2D eigenvalue weighted by atomic mass is 10.0. The highest BCUT2D eigenvalue weighted by atomic mass is 79.9. The van der Waals surface area contributed by atoms with Crippen LogP contribution in [0.25, 0.3) is 0 Å². The summed E-state index contributed by atoms with van der Waals surface area (Å²) < 4.78 is 14.3. The van der Waals surface area contributed by atoms with Crippen LogP contribution in [-0.4, -0.2) is 13.1 Å². The van der Waals surface area contributed by atoms with Crippen molar-refractivity contribution < 1.29 is 4.39 Å². The van der Waals surface area contributed by atoms with Crippen molar-refractivity contribution in [2.75, 3.05) is 13.1 Å². The van der Waals surface area contributed by atoms with Gasteiger partial charge >= 0.3 is 0 Å². The van der Waals surface area contributed by atoms with E-state index in [9.17, 15) is 4.39 Å². The van der Waals surface area contributed by atoms with Crippen LogP contribution in [0.15, 0.2) is 22.7 Å². The van der Waals surface area contributed by atoms with Gasteiger partial charge in [-0.15, -0.1) is 0 Å². The zero-order chi connectivity index (χ0) is 12.0. The SMILES string of the molecule is CCNCC(C)CCc1ccc(Br)cc1F. The summed E-state index contributed by atoms with van der Waals surface area (Å²) in [6, 6.07) is 5.29. The minimum atomic E-state index is -0.106. The molecule has 1 atom stereocenters. The summed E-state index contributed by atoms with van der Waals surface area (Å²) in [5.41, 5.74) is 0.812. The van der Waals surface area contributed by atoms with Gasteiger partial charge in [-0.3, -0.25) is 0 Å². The Morgan fingerprint density at radius 1 is 1.44 bits per heavy atom. The van der Waals surface area contributed by atoms with Crippen molar-refractivity contribution in [3.8, 4) is 0 Å².